The molecule has 0 saturated heterocycles. The fraction of sp³-hybridized carbons (Fsp3) is 0.341. The first kappa shape index (κ1) is 33.5. The van der Waals surface area contributed by atoms with E-state index >= 15 is 0 Å². The minimum absolute atomic E-state index is 0.0137. The molecule has 0 amide bonds. The molecular formula is C41H40N4O4. The molecule has 3 aliphatic rings. The molecule has 6 rings (SSSR count). The van der Waals surface area contributed by atoms with Gasteiger partial charge in [0.05, 0.1) is 16.6 Å². The van der Waals surface area contributed by atoms with E-state index in [0.717, 1.165) is 66.1 Å². The van der Waals surface area contributed by atoms with E-state index in [9.17, 15) is 30.2 Å². The summed E-state index contributed by atoms with van der Waals surface area (Å²) in [5.41, 5.74) is 4.54. The Morgan fingerprint density at radius 2 is 1.67 bits per heavy atom. The zero-order valence-corrected chi connectivity index (χ0v) is 28.9. The van der Waals surface area contributed by atoms with Crippen molar-refractivity contribution in [1.29, 1.82) is 5.26 Å². The standard InChI is InChI=1S/C41H40N4O4/c1-7-9-17-44-30-14-12-11-13-28(30)40(3,4)32(44)20-26-34(25(22-42)23-43)27(36(26)46)21-33-41(5,6)29-19-24(35-37(47)39(49)38(35)48)15-16-31(29)45(33)18-10-8-2/h11-16,19-21,47H,7-10,17-18H2,1-6H3. The van der Waals surface area contributed by atoms with Crippen LogP contribution in [0, 0.1) is 11.3 Å². The van der Waals surface area contributed by atoms with Crippen LogP contribution < -0.4 is 15.8 Å². The maximum absolute atomic E-state index is 14.2. The maximum Gasteiger partial charge on any atom is 0.268 e. The van der Waals surface area contributed by atoms with Gasteiger partial charge in [0.25, 0.3) is 5.43 Å². The number of ketones is 1. The van der Waals surface area contributed by atoms with Gasteiger partial charge in [0.1, 0.15) is 12.6 Å². The first-order valence-corrected chi connectivity index (χ1v) is 16.9. The van der Waals surface area contributed by atoms with Crippen molar-refractivity contribution in [2.24, 2.45) is 0 Å². The Hall–Kier alpha value is -5.38. The van der Waals surface area contributed by atoms with E-state index in [-0.39, 0.29) is 16.9 Å². The number of anilines is 1. The third-order valence-corrected chi connectivity index (χ3v) is 10.4. The highest BCUT2D eigenvalue weighted by molar-refractivity contribution is 6.27. The number of unbranched alkanes of at least 4 members (excludes halogenated alkanes) is 2. The lowest BCUT2D eigenvalue weighted by Crippen LogP contribution is -2.32. The zero-order chi connectivity index (χ0) is 35.4. The summed E-state index contributed by atoms with van der Waals surface area (Å²) in [6, 6.07) is 15.7. The molecule has 0 radical (unpaired) electrons. The van der Waals surface area contributed by atoms with Gasteiger partial charge in [-0.05, 0) is 49.6 Å². The van der Waals surface area contributed by atoms with Crippen LogP contribution in [0.5, 0.6) is 5.75 Å². The summed E-state index contributed by atoms with van der Waals surface area (Å²) in [5, 5.41) is 30.4. The Balaban J connectivity index is 1.52. The van der Waals surface area contributed by atoms with Crippen LogP contribution in [-0.4, -0.2) is 40.1 Å². The molecule has 0 atom stereocenters. The van der Waals surface area contributed by atoms with Gasteiger partial charge in [0, 0.05) is 64.2 Å². The highest BCUT2D eigenvalue weighted by Gasteiger charge is 2.47. The summed E-state index contributed by atoms with van der Waals surface area (Å²) in [6.07, 6.45) is 7.48. The number of Topliss-reactive ketones (excluding diaryl/α,β-unsaturated/α-hetero) is 1. The number of hydrogen-bond donors (Lipinski definition) is 1. The Labute approximate surface area is 286 Å². The van der Waals surface area contributed by atoms with Gasteiger partial charge < -0.3 is 15.4 Å². The first-order valence-electron chi connectivity index (χ1n) is 16.9. The predicted molar refractivity (Wildman–Crippen MR) is 194 cm³/mol. The number of hydrogen-bond acceptors (Lipinski definition) is 6. The van der Waals surface area contributed by atoms with Crippen LogP contribution in [0.2, 0.25) is 0 Å². The normalized spacial score (nSPS) is 19.0. The lowest BCUT2D eigenvalue weighted by Gasteiger charge is -2.30. The van der Waals surface area contributed by atoms with Gasteiger partial charge in [0.2, 0.25) is 11.1 Å². The summed E-state index contributed by atoms with van der Waals surface area (Å²) < 4.78 is 2.26. The van der Waals surface area contributed by atoms with E-state index in [1.165, 1.54) is 0 Å². The van der Waals surface area contributed by atoms with Crippen molar-refractivity contribution >= 4 is 28.7 Å². The number of carbonyl (C=O) groups excluding carboxylic acids is 1. The van der Waals surface area contributed by atoms with E-state index in [4.69, 9.17) is 0 Å². The van der Waals surface area contributed by atoms with Crippen molar-refractivity contribution in [2.75, 3.05) is 18.0 Å². The third kappa shape index (κ3) is 5.00. The third-order valence-electron chi connectivity index (χ3n) is 10.4. The van der Waals surface area contributed by atoms with Crippen molar-refractivity contribution in [1.82, 2.24) is 0 Å². The van der Waals surface area contributed by atoms with Gasteiger partial charge in [0.15, 0.2) is 17.2 Å². The second-order valence-corrected chi connectivity index (χ2v) is 14.1. The van der Waals surface area contributed by atoms with Crippen molar-refractivity contribution in [2.45, 2.75) is 78.1 Å². The molecular weight excluding hydrogens is 612 g/mol. The minimum atomic E-state index is -0.884. The SMILES string of the molecule is CCCCN1/C(=C\C2=C(C(=C=[N-])C#N)C(=C/C3=[N+](CCCC)c4ccccc4C3(C)C)/C2=O)C(C)(C)c2cc(-c3c(O)c(=O)c3=O)ccc21. The monoisotopic (exact) mass is 652 g/mol. The molecule has 0 fully saturated rings. The minimum Gasteiger partial charge on any atom is -0.762 e. The van der Waals surface area contributed by atoms with Crippen molar-refractivity contribution < 1.29 is 14.5 Å². The smallest absolute Gasteiger partial charge is 0.268 e. The number of carbonyl (C=O) groups is 1. The van der Waals surface area contributed by atoms with Crippen LogP contribution in [0.3, 0.4) is 0 Å². The number of rotatable bonds is 10. The quantitative estimate of drug-likeness (QED) is 0.0844. The molecule has 8 nitrogen and oxygen atoms in total. The van der Waals surface area contributed by atoms with Crippen LogP contribution in [0.4, 0.5) is 11.4 Å². The molecule has 49 heavy (non-hydrogen) atoms. The van der Waals surface area contributed by atoms with E-state index < -0.39 is 27.4 Å². The first-order chi connectivity index (χ1) is 23.3. The van der Waals surface area contributed by atoms with Crippen molar-refractivity contribution in [3.63, 3.8) is 0 Å². The van der Waals surface area contributed by atoms with Crippen LogP contribution in [0.1, 0.15) is 78.4 Å². The molecule has 1 aliphatic carbocycles. The molecule has 3 aromatic rings. The Morgan fingerprint density at radius 3 is 2.33 bits per heavy atom. The number of para-hydroxylation sites is 1. The van der Waals surface area contributed by atoms with Gasteiger partial charge in [-0.3, -0.25) is 14.4 Å². The van der Waals surface area contributed by atoms with E-state index in [1.807, 2.05) is 62.2 Å². The lowest BCUT2D eigenvalue weighted by molar-refractivity contribution is -0.438. The van der Waals surface area contributed by atoms with Crippen LogP contribution in [-0.2, 0) is 15.6 Å². The molecule has 0 unspecified atom stereocenters. The van der Waals surface area contributed by atoms with Crippen LogP contribution >= 0.6 is 0 Å². The Morgan fingerprint density at radius 1 is 0.959 bits per heavy atom. The fourth-order valence-electron chi connectivity index (χ4n) is 7.56. The van der Waals surface area contributed by atoms with Gasteiger partial charge in [-0.25, -0.2) is 5.87 Å². The molecule has 0 aromatic heterocycles. The van der Waals surface area contributed by atoms with E-state index in [2.05, 4.69) is 49.3 Å². The number of fused-ring (bicyclic) bond motifs is 2. The topological polar surface area (TPSA) is 124 Å². The number of nitrogens with zero attached hydrogens (tertiary/aromatic N) is 4. The van der Waals surface area contributed by atoms with Crippen molar-refractivity contribution in [3.8, 4) is 22.9 Å². The summed E-state index contributed by atoms with van der Waals surface area (Å²) in [5.74, 6) is 1.30. The number of allylic oxidation sites excluding steroid dienone is 7. The van der Waals surface area contributed by atoms with Crippen LogP contribution in [0.25, 0.3) is 16.5 Å². The average Bonchev–Trinajstić information content (AvgIpc) is 3.44. The van der Waals surface area contributed by atoms with Gasteiger partial charge in [-0.2, -0.15) is 9.84 Å². The molecule has 0 saturated carbocycles. The number of aromatic hydroxyl groups is 1. The average molecular weight is 653 g/mol. The molecule has 8 heteroatoms. The summed E-state index contributed by atoms with van der Waals surface area (Å²) in [4.78, 5) is 40.5. The molecule has 2 aliphatic heterocycles. The summed E-state index contributed by atoms with van der Waals surface area (Å²) in [6.45, 7) is 14.0. The highest BCUT2D eigenvalue weighted by Crippen LogP contribution is 2.51. The van der Waals surface area contributed by atoms with Crippen molar-refractivity contribution in [3.05, 3.63) is 120 Å². The van der Waals surface area contributed by atoms with E-state index in [0.29, 0.717) is 28.8 Å². The molecule has 0 bridgehead atoms. The fourth-order valence-corrected chi connectivity index (χ4v) is 7.56. The predicted octanol–water partition coefficient (Wildman–Crippen LogP) is 6.81. The Kier molecular flexibility index (Phi) is 8.38. The van der Waals surface area contributed by atoms with Gasteiger partial charge in [-0.15, -0.1) is 0 Å². The molecule has 3 aromatic carbocycles. The summed E-state index contributed by atoms with van der Waals surface area (Å²) >= 11 is 0. The van der Waals surface area contributed by atoms with Gasteiger partial charge >= 0.3 is 0 Å². The summed E-state index contributed by atoms with van der Waals surface area (Å²) in [7, 11) is 0. The Bertz CT molecular complexity index is 2240. The van der Waals surface area contributed by atoms with E-state index in [1.54, 1.807) is 6.07 Å². The maximum atomic E-state index is 14.2. The largest absolute Gasteiger partial charge is 0.762 e. The van der Waals surface area contributed by atoms with Gasteiger partial charge in [-0.1, -0.05) is 64.8 Å². The molecule has 248 valence electrons. The highest BCUT2D eigenvalue weighted by atomic mass is 16.3. The zero-order valence-electron chi connectivity index (χ0n) is 28.9. The lowest BCUT2D eigenvalue weighted by atomic mass is 9.73. The number of nitriles is 1. The molecule has 2 heterocycles. The molecule has 1 N–H and O–H groups in total. The second-order valence-electron chi connectivity index (χ2n) is 14.1. The molecule has 0 spiro atoms. The number of benzene rings is 2. The van der Waals surface area contributed by atoms with Crippen LogP contribution in [0.15, 0.2) is 92.2 Å². The second kappa shape index (κ2) is 12.3.